The second-order valence-electron chi connectivity index (χ2n) is 5.05. The van der Waals surface area contributed by atoms with Gasteiger partial charge in [0.1, 0.15) is 5.01 Å². The second-order valence-corrected chi connectivity index (χ2v) is 6.07. The number of nitrogens with one attached hydrogen (secondary N) is 1. The minimum atomic E-state index is 0.665. The molecular weight excluding hydrogens is 276 g/mol. The van der Waals surface area contributed by atoms with Crippen LogP contribution in [0.4, 0.5) is 0 Å². The summed E-state index contributed by atoms with van der Waals surface area (Å²) in [4.78, 5) is 2.41. The number of likely N-dealkylation sites (tertiary alicyclic amines) is 1. The van der Waals surface area contributed by atoms with Crippen LogP contribution in [0.3, 0.4) is 0 Å². The molecule has 114 valence electrons. The molecule has 1 saturated heterocycles. The lowest BCUT2D eigenvalue weighted by Gasteiger charge is -2.18. The van der Waals surface area contributed by atoms with Crippen molar-refractivity contribution < 1.29 is 9.47 Å². The molecular formula is C13H24N4O2S. The Morgan fingerprint density at radius 2 is 2.30 bits per heavy atom. The normalized spacial score (nSPS) is 19.6. The number of methoxy groups -OCH3 is 1. The Balaban J connectivity index is 1.62. The first-order valence-electron chi connectivity index (χ1n) is 7.14. The van der Waals surface area contributed by atoms with Crippen LogP contribution in [0.1, 0.15) is 24.3 Å². The molecule has 0 radical (unpaired) electrons. The van der Waals surface area contributed by atoms with Crippen LogP contribution in [-0.4, -0.2) is 61.6 Å². The molecule has 0 aliphatic carbocycles. The molecule has 1 aromatic rings. The Morgan fingerprint density at radius 3 is 3.05 bits per heavy atom. The van der Waals surface area contributed by atoms with E-state index in [-0.39, 0.29) is 0 Å². The van der Waals surface area contributed by atoms with Gasteiger partial charge >= 0.3 is 0 Å². The summed E-state index contributed by atoms with van der Waals surface area (Å²) in [5.41, 5.74) is 0. The van der Waals surface area contributed by atoms with E-state index in [1.165, 1.54) is 30.7 Å². The highest BCUT2D eigenvalue weighted by molar-refractivity contribution is 7.13. The zero-order valence-electron chi connectivity index (χ0n) is 12.3. The smallest absolute Gasteiger partial charge is 0.294 e. The monoisotopic (exact) mass is 300 g/mol. The van der Waals surface area contributed by atoms with Crippen molar-refractivity contribution in [1.29, 1.82) is 0 Å². The van der Waals surface area contributed by atoms with Crippen LogP contribution in [0.25, 0.3) is 0 Å². The SMILES string of the molecule is COCCNCc1nnc(OCCC2CCCN2C)s1. The minimum absolute atomic E-state index is 0.665. The molecule has 6 nitrogen and oxygen atoms in total. The third kappa shape index (κ3) is 4.97. The molecule has 0 amide bonds. The number of ether oxygens (including phenoxy) is 2. The standard InChI is InChI=1S/C13H24N4O2S/c1-17-7-3-4-11(17)5-8-19-13-16-15-12(20-13)10-14-6-9-18-2/h11,14H,3-10H2,1-2H3. The summed E-state index contributed by atoms with van der Waals surface area (Å²) in [5.74, 6) is 0. The lowest BCUT2D eigenvalue weighted by atomic mass is 10.2. The Bertz CT molecular complexity index is 388. The molecule has 2 heterocycles. The van der Waals surface area contributed by atoms with E-state index in [9.17, 15) is 0 Å². The van der Waals surface area contributed by atoms with E-state index in [0.717, 1.165) is 31.1 Å². The Labute approximate surface area is 124 Å². The molecule has 0 saturated carbocycles. The maximum absolute atomic E-state index is 5.69. The van der Waals surface area contributed by atoms with E-state index < -0.39 is 0 Å². The van der Waals surface area contributed by atoms with Crippen molar-refractivity contribution in [3.63, 3.8) is 0 Å². The average molecular weight is 300 g/mol. The summed E-state index contributed by atoms with van der Waals surface area (Å²) in [7, 11) is 3.88. The molecule has 0 spiro atoms. The van der Waals surface area contributed by atoms with Gasteiger partial charge < -0.3 is 19.7 Å². The van der Waals surface area contributed by atoms with E-state index in [0.29, 0.717) is 17.8 Å². The van der Waals surface area contributed by atoms with Gasteiger partial charge in [0, 0.05) is 26.2 Å². The number of hydrogen-bond acceptors (Lipinski definition) is 7. The summed E-state index contributed by atoms with van der Waals surface area (Å²) >= 11 is 1.51. The summed E-state index contributed by atoms with van der Waals surface area (Å²) < 4.78 is 10.7. The fourth-order valence-corrected chi connectivity index (χ4v) is 3.05. The van der Waals surface area contributed by atoms with Gasteiger partial charge in [0.15, 0.2) is 0 Å². The van der Waals surface area contributed by atoms with E-state index in [2.05, 4.69) is 27.5 Å². The van der Waals surface area contributed by atoms with Crippen LogP contribution in [0.2, 0.25) is 0 Å². The first-order chi connectivity index (χ1) is 9.79. The van der Waals surface area contributed by atoms with E-state index in [4.69, 9.17) is 9.47 Å². The molecule has 1 aliphatic rings. The summed E-state index contributed by atoms with van der Waals surface area (Å²) in [6.45, 7) is 4.18. The van der Waals surface area contributed by atoms with Gasteiger partial charge in [-0.3, -0.25) is 0 Å². The fourth-order valence-electron chi connectivity index (χ4n) is 2.36. The van der Waals surface area contributed by atoms with Crippen molar-refractivity contribution >= 4 is 11.3 Å². The summed E-state index contributed by atoms with van der Waals surface area (Å²) in [5, 5.41) is 13.0. The molecule has 1 aliphatic heterocycles. The largest absolute Gasteiger partial charge is 0.469 e. The van der Waals surface area contributed by atoms with Gasteiger partial charge in [0.05, 0.1) is 13.2 Å². The maximum Gasteiger partial charge on any atom is 0.294 e. The summed E-state index contributed by atoms with van der Waals surface area (Å²) in [6.07, 6.45) is 3.65. The zero-order chi connectivity index (χ0) is 14.2. The van der Waals surface area contributed by atoms with Gasteiger partial charge in [-0.15, -0.1) is 10.2 Å². The van der Waals surface area contributed by atoms with Crippen molar-refractivity contribution in [2.24, 2.45) is 0 Å². The maximum atomic E-state index is 5.69. The molecule has 1 unspecified atom stereocenters. The second kappa shape index (κ2) is 8.51. The van der Waals surface area contributed by atoms with Gasteiger partial charge in [0.2, 0.25) is 0 Å². The topological polar surface area (TPSA) is 59.5 Å². The van der Waals surface area contributed by atoms with Crippen LogP contribution in [0.5, 0.6) is 5.19 Å². The fraction of sp³-hybridized carbons (Fsp3) is 0.846. The van der Waals surface area contributed by atoms with E-state index in [1.807, 2.05) is 0 Å². The number of nitrogens with zero attached hydrogens (tertiary/aromatic N) is 3. The van der Waals surface area contributed by atoms with Crippen molar-refractivity contribution in [1.82, 2.24) is 20.4 Å². The predicted molar refractivity (Wildman–Crippen MR) is 79.3 cm³/mol. The van der Waals surface area contributed by atoms with Crippen LogP contribution in [0, 0.1) is 0 Å². The lowest BCUT2D eigenvalue weighted by Crippen LogP contribution is -2.26. The molecule has 2 rings (SSSR count). The zero-order valence-corrected chi connectivity index (χ0v) is 13.1. The molecule has 20 heavy (non-hydrogen) atoms. The van der Waals surface area contributed by atoms with Gasteiger partial charge in [0.25, 0.3) is 5.19 Å². The molecule has 0 aromatic carbocycles. The predicted octanol–water partition coefficient (Wildman–Crippen LogP) is 1.14. The molecule has 0 bridgehead atoms. The molecule has 1 N–H and O–H groups in total. The van der Waals surface area contributed by atoms with Gasteiger partial charge in [-0.25, -0.2) is 0 Å². The third-order valence-electron chi connectivity index (χ3n) is 3.56. The summed E-state index contributed by atoms with van der Waals surface area (Å²) in [6, 6.07) is 0.665. The quantitative estimate of drug-likeness (QED) is 0.690. The van der Waals surface area contributed by atoms with Crippen LogP contribution < -0.4 is 10.1 Å². The Morgan fingerprint density at radius 1 is 1.40 bits per heavy atom. The van der Waals surface area contributed by atoms with Crippen LogP contribution in [-0.2, 0) is 11.3 Å². The third-order valence-corrected chi connectivity index (χ3v) is 4.39. The molecule has 1 fully saturated rings. The highest BCUT2D eigenvalue weighted by Crippen LogP contribution is 2.20. The van der Waals surface area contributed by atoms with E-state index in [1.54, 1.807) is 7.11 Å². The lowest BCUT2D eigenvalue weighted by molar-refractivity contribution is 0.199. The van der Waals surface area contributed by atoms with Gasteiger partial charge in [-0.2, -0.15) is 0 Å². The van der Waals surface area contributed by atoms with Crippen LogP contribution >= 0.6 is 11.3 Å². The molecule has 1 atom stereocenters. The Hall–Kier alpha value is -0.760. The molecule has 1 aromatic heterocycles. The van der Waals surface area contributed by atoms with Crippen LogP contribution in [0.15, 0.2) is 0 Å². The number of rotatable bonds is 9. The highest BCUT2D eigenvalue weighted by Gasteiger charge is 2.20. The van der Waals surface area contributed by atoms with Crippen molar-refractivity contribution in [3.8, 4) is 5.19 Å². The first kappa shape index (κ1) is 15.6. The average Bonchev–Trinajstić information content (AvgIpc) is 3.05. The van der Waals surface area contributed by atoms with Crippen molar-refractivity contribution in [2.45, 2.75) is 31.8 Å². The minimum Gasteiger partial charge on any atom is -0.469 e. The van der Waals surface area contributed by atoms with Gasteiger partial charge in [-0.05, 0) is 32.9 Å². The van der Waals surface area contributed by atoms with E-state index >= 15 is 0 Å². The van der Waals surface area contributed by atoms with Crippen molar-refractivity contribution in [2.75, 3.05) is 40.5 Å². The highest BCUT2D eigenvalue weighted by atomic mass is 32.1. The first-order valence-corrected chi connectivity index (χ1v) is 7.96. The van der Waals surface area contributed by atoms with Gasteiger partial charge in [-0.1, -0.05) is 11.3 Å². The molecule has 7 heteroatoms. The number of hydrogen-bond donors (Lipinski definition) is 1. The van der Waals surface area contributed by atoms with Crippen molar-refractivity contribution in [3.05, 3.63) is 5.01 Å². The Kier molecular flexibility index (Phi) is 6.65. The number of aromatic nitrogens is 2.